The van der Waals surface area contributed by atoms with Crippen LogP contribution in [0.2, 0.25) is 0 Å². The first-order valence-corrected chi connectivity index (χ1v) is 28.0. The molecule has 0 aromatic carbocycles. The van der Waals surface area contributed by atoms with Crippen molar-refractivity contribution >= 4 is 65.0 Å². The number of hydrogen-bond donors (Lipinski definition) is 18. The summed E-state index contributed by atoms with van der Waals surface area (Å²) in [4.78, 5) is 152. The van der Waals surface area contributed by atoms with Gasteiger partial charge in [0.15, 0.2) is 0 Å². The Kier molecular flexibility index (Phi) is 34.4. The number of allylic oxidation sites excluding steroid dienone is 1. The van der Waals surface area contributed by atoms with Crippen LogP contribution >= 0.6 is 0 Å². The van der Waals surface area contributed by atoms with Crippen LogP contribution in [-0.2, 0) is 52.7 Å². The van der Waals surface area contributed by atoms with E-state index in [0.29, 0.717) is 12.8 Å². The Hall–Kier alpha value is -6.37. The van der Waals surface area contributed by atoms with Gasteiger partial charge < -0.3 is 97.4 Å². The third-order valence-corrected chi connectivity index (χ3v) is 13.1. The quantitative estimate of drug-likeness (QED) is 0.0324. The van der Waals surface area contributed by atoms with Crippen LogP contribution in [0.1, 0.15) is 126 Å². The highest BCUT2D eigenvalue weighted by molar-refractivity contribution is 5.99. The van der Waals surface area contributed by atoms with E-state index < -0.39 is 151 Å². The van der Waals surface area contributed by atoms with Crippen LogP contribution in [0, 0.1) is 11.8 Å². The Morgan fingerprint density at radius 3 is 1.41 bits per heavy atom. The first-order chi connectivity index (χ1) is 38.2. The SMILES string of the molecule is C=C(CC)CCCC(=O)N[C@@H](CCN)C(=O)N[C@H](C(=O)N[C@@H](CCN)C(=O)N[C@H]1CCNC(=O)[C@H]([C@@H](C)O)NC(=O)[C@H](CCN)NC(=O)[C@H](CCN)NC(=O)[C@H](CC(C)C)NC(=O)[C@@H](CC(C)C)NC(=O)[C@H](CCN)NC1=O)[C@@H](C)O. The molecule has 0 spiro atoms. The molecule has 0 aliphatic carbocycles. The molecule has 23 N–H and O–H groups in total. The number of aliphatic hydroxyl groups excluding tert-OH is 2. The number of carbonyl (C=O) groups is 11. The summed E-state index contributed by atoms with van der Waals surface area (Å²) in [5, 5.41) is 49.4. The fourth-order valence-electron chi connectivity index (χ4n) is 8.46. The summed E-state index contributed by atoms with van der Waals surface area (Å²) >= 11 is 0. The normalized spacial score (nSPS) is 23.1. The number of aliphatic hydroxyl groups is 2. The molecule has 1 aliphatic rings. The molecule has 81 heavy (non-hydrogen) atoms. The molecule has 29 heteroatoms. The van der Waals surface area contributed by atoms with Crippen LogP contribution in [0.5, 0.6) is 0 Å². The molecule has 0 aromatic rings. The van der Waals surface area contributed by atoms with E-state index in [1.165, 1.54) is 13.8 Å². The Balaban J connectivity index is 3.84. The van der Waals surface area contributed by atoms with Crippen molar-refractivity contribution in [3.63, 3.8) is 0 Å². The minimum atomic E-state index is -1.70. The smallest absolute Gasteiger partial charge is 0.245 e. The molecule has 1 rings (SSSR count). The zero-order valence-corrected chi connectivity index (χ0v) is 48.3. The number of nitrogens with two attached hydrogens (primary N) is 5. The average molecular weight is 1150 g/mol. The van der Waals surface area contributed by atoms with Crippen molar-refractivity contribution < 1.29 is 63.0 Å². The molecule has 0 saturated carbocycles. The second-order valence-corrected chi connectivity index (χ2v) is 21.2. The zero-order chi connectivity index (χ0) is 61.5. The van der Waals surface area contributed by atoms with Gasteiger partial charge in [0.25, 0.3) is 0 Å². The first kappa shape index (κ1) is 72.6. The van der Waals surface area contributed by atoms with Crippen LogP contribution in [0.4, 0.5) is 0 Å². The molecule has 0 bridgehead atoms. The van der Waals surface area contributed by atoms with E-state index in [0.717, 1.165) is 12.0 Å². The van der Waals surface area contributed by atoms with Gasteiger partial charge in [-0.3, -0.25) is 52.7 Å². The minimum Gasteiger partial charge on any atom is -0.391 e. The monoisotopic (exact) mass is 1150 g/mol. The van der Waals surface area contributed by atoms with Crippen molar-refractivity contribution in [2.24, 2.45) is 40.5 Å². The number of hydrogen-bond acceptors (Lipinski definition) is 18. The highest BCUT2D eigenvalue weighted by atomic mass is 16.3. The average Bonchev–Trinajstić information content (AvgIpc) is 3.41. The summed E-state index contributed by atoms with van der Waals surface area (Å²) in [5.74, 6) is -10.1. The zero-order valence-electron chi connectivity index (χ0n) is 48.3. The van der Waals surface area contributed by atoms with Gasteiger partial charge in [-0.1, -0.05) is 46.8 Å². The van der Waals surface area contributed by atoms with Gasteiger partial charge in [-0.15, -0.1) is 0 Å². The molecule has 29 nitrogen and oxygen atoms in total. The first-order valence-electron chi connectivity index (χ1n) is 28.0. The molecule has 1 saturated heterocycles. The Morgan fingerprint density at radius 2 is 0.988 bits per heavy atom. The van der Waals surface area contributed by atoms with Gasteiger partial charge in [0.05, 0.1) is 12.2 Å². The van der Waals surface area contributed by atoms with Gasteiger partial charge in [-0.2, -0.15) is 0 Å². The van der Waals surface area contributed by atoms with Crippen LogP contribution in [-0.4, -0.2) is 187 Å². The van der Waals surface area contributed by atoms with Crippen LogP contribution in [0.15, 0.2) is 12.2 Å². The minimum absolute atomic E-state index is 0.0321. The van der Waals surface area contributed by atoms with E-state index in [-0.39, 0.29) is 95.9 Å². The van der Waals surface area contributed by atoms with Gasteiger partial charge in [0, 0.05) is 13.0 Å². The topological polar surface area (TPSA) is 491 Å². The number of carbonyl (C=O) groups excluding carboxylic acids is 11. The molecule has 0 radical (unpaired) electrons. The molecular formula is C52H96N16O13. The maximum Gasteiger partial charge on any atom is 0.245 e. The van der Waals surface area contributed by atoms with Crippen molar-refractivity contribution in [2.75, 3.05) is 39.3 Å². The maximum absolute atomic E-state index is 14.4. The summed E-state index contributed by atoms with van der Waals surface area (Å²) in [7, 11) is 0. The fraction of sp³-hybridized carbons (Fsp3) is 0.750. The molecule has 1 aliphatic heterocycles. The van der Waals surface area contributed by atoms with Gasteiger partial charge in [0.1, 0.15) is 60.4 Å². The van der Waals surface area contributed by atoms with Crippen molar-refractivity contribution in [3.8, 4) is 0 Å². The van der Waals surface area contributed by atoms with Crippen LogP contribution in [0.25, 0.3) is 0 Å². The van der Waals surface area contributed by atoms with E-state index >= 15 is 0 Å². The van der Waals surface area contributed by atoms with Crippen LogP contribution < -0.4 is 87.2 Å². The Labute approximate surface area is 475 Å². The highest BCUT2D eigenvalue weighted by Crippen LogP contribution is 2.13. The summed E-state index contributed by atoms with van der Waals surface area (Å²) in [6.45, 7) is 14.3. The van der Waals surface area contributed by atoms with E-state index in [1.54, 1.807) is 27.7 Å². The van der Waals surface area contributed by atoms with Crippen molar-refractivity contribution in [1.82, 2.24) is 58.5 Å². The molecule has 11 amide bonds. The highest BCUT2D eigenvalue weighted by Gasteiger charge is 2.37. The lowest BCUT2D eigenvalue weighted by atomic mass is 9.99. The molecule has 0 aromatic heterocycles. The molecule has 462 valence electrons. The third kappa shape index (κ3) is 26.8. The summed E-state index contributed by atoms with van der Waals surface area (Å²) in [5.41, 5.74) is 30.1. The lowest BCUT2D eigenvalue weighted by molar-refractivity contribution is -0.137. The second kappa shape index (κ2) is 38.4. The second-order valence-electron chi connectivity index (χ2n) is 21.2. The molecule has 0 unspecified atom stereocenters. The van der Waals surface area contributed by atoms with Crippen molar-refractivity contribution in [1.29, 1.82) is 0 Å². The van der Waals surface area contributed by atoms with Gasteiger partial charge in [-0.25, -0.2) is 0 Å². The molecular weight excluding hydrogens is 1060 g/mol. The Morgan fingerprint density at radius 1 is 0.556 bits per heavy atom. The fourth-order valence-corrected chi connectivity index (χ4v) is 8.46. The summed E-state index contributed by atoms with van der Waals surface area (Å²) < 4.78 is 0. The number of rotatable bonds is 28. The lowest BCUT2D eigenvalue weighted by Crippen LogP contribution is -2.62. The predicted octanol–water partition coefficient (Wildman–Crippen LogP) is -5.91. The summed E-state index contributed by atoms with van der Waals surface area (Å²) in [6.07, 6.45) is -2.39. The van der Waals surface area contributed by atoms with Crippen molar-refractivity contribution in [2.45, 2.75) is 198 Å². The predicted molar refractivity (Wildman–Crippen MR) is 301 cm³/mol. The number of amides is 11. The molecule has 1 fully saturated rings. The van der Waals surface area contributed by atoms with E-state index in [2.05, 4.69) is 65.1 Å². The van der Waals surface area contributed by atoms with E-state index in [4.69, 9.17) is 28.7 Å². The number of nitrogens with one attached hydrogen (secondary N) is 11. The lowest BCUT2D eigenvalue weighted by Gasteiger charge is -2.29. The third-order valence-electron chi connectivity index (χ3n) is 13.1. The van der Waals surface area contributed by atoms with Gasteiger partial charge in [-0.05, 0) is 129 Å². The Bertz CT molecular complexity index is 2100. The van der Waals surface area contributed by atoms with Crippen LogP contribution in [0.3, 0.4) is 0 Å². The molecule has 1 heterocycles. The van der Waals surface area contributed by atoms with Crippen molar-refractivity contribution in [3.05, 3.63) is 12.2 Å². The molecule has 12 atom stereocenters. The van der Waals surface area contributed by atoms with Gasteiger partial charge >= 0.3 is 0 Å². The maximum atomic E-state index is 14.4. The summed E-state index contributed by atoms with van der Waals surface area (Å²) in [6, 6.07) is -14.6. The van der Waals surface area contributed by atoms with Gasteiger partial charge in [0.2, 0.25) is 65.0 Å². The standard InChI is InChI=1S/C52H96N16O13/c1-9-29(6)11-10-12-40(71)59-32(13-19-53)47(76)68-42(31(8)70)52(81)64-35(16-22-56)44(73)63-37-18-24-58-51(80)41(30(7)69)67-48(77)36(17-23-57)61-43(72)33(14-20-54)62-49(78)38(25-27(2)3)66-50(79)39(26-28(4)5)65-45(74)34(15-21-55)60-46(37)75/h27-28,30-39,41-42,69-70H,6,9-26,53-57H2,1-5,7-8H3,(H,58,80)(H,59,71)(H,60,75)(H,61,72)(H,62,78)(H,63,73)(H,64,81)(H,65,74)(H,66,79)(H,67,77)(H,68,76)/t30-,31-,32+,33+,34+,35+,36+,37+,38+,39-,41+,42+/m1/s1. The van der Waals surface area contributed by atoms with E-state index in [1.807, 2.05) is 6.92 Å². The largest absolute Gasteiger partial charge is 0.391 e. The van der Waals surface area contributed by atoms with E-state index in [9.17, 15) is 63.0 Å².